The molecule has 36 heavy (non-hydrogen) atoms. The molecule has 0 fully saturated rings. The van der Waals surface area contributed by atoms with Crippen molar-refractivity contribution >= 4 is 29.1 Å². The number of ketones is 1. The first-order valence-electron chi connectivity index (χ1n) is 12.7. The highest BCUT2D eigenvalue weighted by atomic mass is 35.5. The molecule has 1 aromatic heterocycles. The lowest BCUT2D eigenvalue weighted by Crippen LogP contribution is -2.45. The molecule has 0 spiro atoms. The molecule has 0 saturated heterocycles. The topological polar surface area (TPSA) is 59.5 Å². The van der Waals surface area contributed by atoms with Crippen LogP contribution in [0.25, 0.3) is 5.57 Å². The molecule has 0 bridgehead atoms. The minimum Gasteiger partial charge on any atom is -0.444 e. The second-order valence-corrected chi connectivity index (χ2v) is 10.8. The van der Waals surface area contributed by atoms with Crippen molar-refractivity contribution in [1.82, 2.24) is 9.88 Å². The standard InChI is InChI=1S/C30H43ClN2O3/c1-11-14-24(12-2)33(29(35)36-30(8,9)10)19-20(4)17-22(6)25(18-23(7)26(34)13-3)28-21(5)15-16-27(31)32-28/h13,15-16,20,24H,3,6,11-12,14,17,19H2,1-2,4-5,7-10H3/t18?,20-,24+/m1/s1. The third kappa shape index (κ3) is 9.79. The van der Waals surface area contributed by atoms with Crippen LogP contribution in [0, 0.1) is 12.8 Å². The third-order valence-electron chi connectivity index (χ3n) is 5.79. The third-order valence-corrected chi connectivity index (χ3v) is 6.00. The number of amides is 1. The smallest absolute Gasteiger partial charge is 0.410 e. The highest BCUT2D eigenvalue weighted by molar-refractivity contribution is 6.29. The number of pyridine rings is 1. The fraction of sp³-hybridized carbons (Fsp3) is 0.533. The number of rotatable bonds is 12. The Hall–Kier alpha value is -2.62. The molecule has 0 aliphatic carbocycles. The first-order valence-corrected chi connectivity index (χ1v) is 13.1. The summed E-state index contributed by atoms with van der Waals surface area (Å²) in [6.45, 7) is 24.0. The van der Waals surface area contributed by atoms with Crippen molar-refractivity contribution in [3.8, 4) is 0 Å². The predicted molar refractivity (Wildman–Crippen MR) is 150 cm³/mol. The summed E-state index contributed by atoms with van der Waals surface area (Å²) in [4.78, 5) is 31.7. The van der Waals surface area contributed by atoms with E-state index in [0.29, 0.717) is 35.0 Å². The second-order valence-electron chi connectivity index (χ2n) is 10.4. The molecule has 1 amide bonds. The SMILES string of the molecule is C=CC(=O)C(C)=C=C(C(=C)C[C@@H](C)CN(C(=O)OC(C)(C)C)[C@@H](CC)CCC)c1nc(Cl)ccc1C. The van der Waals surface area contributed by atoms with Gasteiger partial charge in [-0.2, -0.15) is 0 Å². The fourth-order valence-electron chi connectivity index (χ4n) is 4.01. The van der Waals surface area contributed by atoms with Gasteiger partial charge >= 0.3 is 6.09 Å². The number of hydrogen-bond acceptors (Lipinski definition) is 4. The Bertz CT molecular complexity index is 1030. The van der Waals surface area contributed by atoms with Crippen LogP contribution < -0.4 is 0 Å². The molecular formula is C30H43ClN2O3. The number of carbonyl (C=O) groups is 2. The maximum absolute atomic E-state index is 13.1. The van der Waals surface area contributed by atoms with Gasteiger partial charge < -0.3 is 9.64 Å². The number of allylic oxidation sites excluding steroid dienone is 3. The summed E-state index contributed by atoms with van der Waals surface area (Å²) < 4.78 is 5.74. The van der Waals surface area contributed by atoms with E-state index in [1.807, 2.05) is 38.7 Å². The molecule has 0 aromatic carbocycles. The zero-order valence-electron chi connectivity index (χ0n) is 23.3. The predicted octanol–water partition coefficient (Wildman–Crippen LogP) is 8.13. The summed E-state index contributed by atoms with van der Waals surface area (Å²) >= 11 is 6.20. The van der Waals surface area contributed by atoms with E-state index in [4.69, 9.17) is 16.3 Å². The van der Waals surface area contributed by atoms with Crippen LogP contribution in [-0.4, -0.2) is 39.9 Å². The lowest BCUT2D eigenvalue weighted by atomic mass is 9.92. The van der Waals surface area contributed by atoms with Crippen LogP contribution in [0.5, 0.6) is 0 Å². The number of aromatic nitrogens is 1. The van der Waals surface area contributed by atoms with Crippen LogP contribution in [0.4, 0.5) is 4.79 Å². The number of ether oxygens (including phenoxy) is 1. The Morgan fingerprint density at radius 1 is 1.28 bits per heavy atom. The van der Waals surface area contributed by atoms with Gasteiger partial charge in [-0.1, -0.05) is 58.0 Å². The maximum atomic E-state index is 13.1. The monoisotopic (exact) mass is 514 g/mol. The van der Waals surface area contributed by atoms with Crippen molar-refractivity contribution < 1.29 is 14.3 Å². The van der Waals surface area contributed by atoms with Gasteiger partial charge in [0.15, 0.2) is 5.78 Å². The van der Waals surface area contributed by atoms with Crippen LogP contribution in [-0.2, 0) is 9.53 Å². The Labute approximate surface area is 223 Å². The molecule has 0 radical (unpaired) electrons. The average molecular weight is 515 g/mol. The first-order chi connectivity index (χ1) is 16.7. The van der Waals surface area contributed by atoms with E-state index in [1.165, 1.54) is 6.08 Å². The normalized spacial score (nSPS) is 12.7. The van der Waals surface area contributed by atoms with Crippen molar-refractivity contribution in [1.29, 1.82) is 0 Å². The molecule has 5 nitrogen and oxygen atoms in total. The number of hydrogen-bond donors (Lipinski definition) is 0. The summed E-state index contributed by atoms with van der Waals surface area (Å²) in [6, 6.07) is 3.71. The Kier molecular flexibility index (Phi) is 12.4. The van der Waals surface area contributed by atoms with Gasteiger partial charge in [0, 0.05) is 23.7 Å². The molecule has 6 heteroatoms. The number of halogens is 1. The maximum Gasteiger partial charge on any atom is 0.410 e. The molecule has 198 valence electrons. The van der Waals surface area contributed by atoms with Crippen LogP contribution in [0.1, 0.15) is 85.4 Å². The highest BCUT2D eigenvalue weighted by Gasteiger charge is 2.29. The number of carbonyl (C=O) groups excluding carboxylic acids is 2. The van der Waals surface area contributed by atoms with Crippen LogP contribution in [0.15, 0.2) is 48.2 Å². The van der Waals surface area contributed by atoms with E-state index in [1.54, 1.807) is 13.0 Å². The van der Waals surface area contributed by atoms with E-state index in [0.717, 1.165) is 30.4 Å². The van der Waals surface area contributed by atoms with E-state index in [2.05, 4.69) is 44.6 Å². The van der Waals surface area contributed by atoms with Gasteiger partial charge in [0.1, 0.15) is 10.8 Å². The van der Waals surface area contributed by atoms with E-state index in [9.17, 15) is 9.59 Å². The highest BCUT2D eigenvalue weighted by Crippen LogP contribution is 2.30. The van der Waals surface area contributed by atoms with Gasteiger partial charge in [-0.05, 0) is 83.1 Å². The van der Waals surface area contributed by atoms with Gasteiger partial charge in [-0.3, -0.25) is 4.79 Å². The first kappa shape index (κ1) is 31.4. The molecule has 0 N–H and O–H groups in total. The van der Waals surface area contributed by atoms with E-state index < -0.39 is 5.60 Å². The zero-order valence-corrected chi connectivity index (χ0v) is 24.1. The van der Waals surface area contributed by atoms with Gasteiger partial charge in [0.2, 0.25) is 0 Å². The largest absolute Gasteiger partial charge is 0.444 e. The van der Waals surface area contributed by atoms with Gasteiger partial charge in [0.05, 0.1) is 5.69 Å². The quantitative estimate of drug-likeness (QED) is 0.122. The Morgan fingerprint density at radius 3 is 2.44 bits per heavy atom. The number of aryl methyl sites for hydroxylation is 1. The van der Waals surface area contributed by atoms with Gasteiger partial charge in [-0.25, -0.2) is 9.78 Å². The summed E-state index contributed by atoms with van der Waals surface area (Å²) in [5.74, 6) is -0.142. The molecule has 0 aliphatic heterocycles. The molecular weight excluding hydrogens is 472 g/mol. The minimum absolute atomic E-state index is 0.0719. The van der Waals surface area contributed by atoms with Crippen molar-refractivity contribution in [2.45, 2.75) is 92.7 Å². The second kappa shape index (κ2) is 14.2. The van der Waals surface area contributed by atoms with Crippen LogP contribution in [0.3, 0.4) is 0 Å². The van der Waals surface area contributed by atoms with Crippen LogP contribution >= 0.6 is 11.6 Å². The Morgan fingerprint density at radius 2 is 1.92 bits per heavy atom. The van der Waals surface area contributed by atoms with E-state index in [-0.39, 0.29) is 23.8 Å². The summed E-state index contributed by atoms with van der Waals surface area (Å²) in [5, 5.41) is 0.352. The molecule has 1 aromatic rings. The van der Waals surface area contributed by atoms with Crippen molar-refractivity contribution in [2.24, 2.45) is 5.92 Å². The van der Waals surface area contributed by atoms with Crippen molar-refractivity contribution in [3.63, 3.8) is 0 Å². The molecule has 0 aliphatic rings. The lowest BCUT2D eigenvalue weighted by molar-refractivity contribution is -0.111. The Balaban J connectivity index is 3.36. The van der Waals surface area contributed by atoms with Crippen molar-refractivity contribution in [2.75, 3.05) is 6.54 Å². The molecule has 1 rings (SSSR count). The lowest BCUT2D eigenvalue weighted by Gasteiger charge is -2.35. The minimum atomic E-state index is -0.571. The van der Waals surface area contributed by atoms with E-state index >= 15 is 0 Å². The molecule has 2 atom stereocenters. The van der Waals surface area contributed by atoms with Crippen LogP contribution in [0.2, 0.25) is 5.15 Å². The molecule has 0 saturated carbocycles. The fourth-order valence-corrected chi connectivity index (χ4v) is 4.15. The summed E-state index contributed by atoms with van der Waals surface area (Å²) in [6.07, 6.45) is 4.28. The number of nitrogens with zero attached hydrogens (tertiary/aromatic N) is 2. The molecule has 0 unspecified atom stereocenters. The van der Waals surface area contributed by atoms with Crippen molar-refractivity contribution in [3.05, 3.63) is 64.7 Å². The van der Waals surface area contributed by atoms with Gasteiger partial charge in [-0.15, -0.1) is 5.73 Å². The zero-order chi connectivity index (χ0) is 27.6. The summed E-state index contributed by atoms with van der Waals surface area (Å²) in [7, 11) is 0. The average Bonchev–Trinajstić information content (AvgIpc) is 2.79. The van der Waals surface area contributed by atoms with Gasteiger partial charge in [0.25, 0.3) is 0 Å². The molecule has 1 heterocycles. The summed E-state index contributed by atoms with van der Waals surface area (Å²) in [5.41, 5.74) is 5.99.